The third-order valence-corrected chi connectivity index (χ3v) is 4.64. The van der Waals surface area contributed by atoms with Crippen LogP contribution < -0.4 is 5.32 Å². The number of halogens is 1. The Morgan fingerprint density at radius 3 is 2.65 bits per heavy atom. The first kappa shape index (κ1) is 18.0. The fourth-order valence-corrected chi connectivity index (χ4v) is 3.33. The Labute approximate surface area is 146 Å². The molecule has 0 bridgehead atoms. The van der Waals surface area contributed by atoms with Gasteiger partial charge in [0.05, 0.1) is 0 Å². The van der Waals surface area contributed by atoms with Gasteiger partial charge in [0.25, 0.3) is 0 Å². The molecule has 0 aliphatic carbocycles. The number of rotatable bonds is 6. The molecule has 1 aliphatic heterocycles. The molecule has 4 nitrogen and oxygen atoms in total. The van der Waals surface area contributed by atoms with Gasteiger partial charge in [0.2, 0.25) is 11.8 Å². The lowest BCUT2D eigenvalue weighted by molar-refractivity contribution is -0.133. The van der Waals surface area contributed by atoms with Crippen molar-refractivity contribution in [3.8, 4) is 0 Å². The first-order chi connectivity index (χ1) is 11.0. The van der Waals surface area contributed by atoms with E-state index in [1.54, 1.807) is 0 Å². The summed E-state index contributed by atoms with van der Waals surface area (Å²) >= 11 is 3.42. The van der Waals surface area contributed by atoms with Crippen LogP contribution in [0.2, 0.25) is 0 Å². The molecule has 1 heterocycles. The summed E-state index contributed by atoms with van der Waals surface area (Å²) < 4.78 is 1.00. The number of carbonyl (C=O) groups excluding carboxylic acids is 2. The van der Waals surface area contributed by atoms with Crippen LogP contribution in [0.4, 0.5) is 0 Å². The lowest BCUT2D eigenvalue weighted by Gasteiger charge is -2.27. The van der Waals surface area contributed by atoms with Crippen molar-refractivity contribution in [2.24, 2.45) is 5.92 Å². The first-order valence-corrected chi connectivity index (χ1v) is 9.13. The van der Waals surface area contributed by atoms with Crippen molar-refractivity contribution in [1.29, 1.82) is 0 Å². The van der Waals surface area contributed by atoms with Crippen LogP contribution in [-0.2, 0) is 16.1 Å². The van der Waals surface area contributed by atoms with Crippen molar-refractivity contribution >= 4 is 27.7 Å². The van der Waals surface area contributed by atoms with Gasteiger partial charge in [-0.1, -0.05) is 35.0 Å². The monoisotopic (exact) mass is 380 g/mol. The number of carbonyl (C=O) groups is 2. The molecule has 5 heteroatoms. The quantitative estimate of drug-likeness (QED) is 0.820. The third-order valence-electron chi connectivity index (χ3n) is 4.14. The topological polar surface area (TPSA) is 49.4 Å². The average Bonchev–Trinajstić information content (AvgIpc) is 2.53. The van der Waals surface area contributed by atoms with Gasteiger partial charge in [0, 0.05) is 36.9 Å². The highest BCUT2D eigenvalue weighted by Gasteiger charge is 2.20. The molecule has 2 amide bonds. The van der Waals surface area contributed by atoms with E-state index in [2.05, 4.69) is 21.2 Å². The number of piperidine rings is 1. The minimum Gasteiger partial charge on any atom is -0.352 e. The Bertz CT molecular complexity index is 542. The summed E-state index contributed by atoms with van der Waals surface area (Å²) in [5.74, 6) is 0.271. The van der Waals surface area contributed by atoms with Crippen LogP contribution in [-0.4, -0.2) is 29.8 Å². The Morgan fingerprint density at radius 2 is 1.96 bits per heavy atom. The standard InChI is InChI=1S/C18H25BrN2O2/c1-14(11-18(23)21-8-3-2-4-9-21)10-17(22)20-13-15-6-5-7-16(19)12-15/h5-7,12,14H,2-4,8-11,13H2,1H3,(H,20,22)/t14-/m1/s1. The summed E-state index contributed by atoms with van der Waals surface area (Å²) in [4.78, 5) is 26.2. The zero-order valence-electron chi connectivity index (χ0n) is 13.7. The molecule has 0 unspecified atom stereocenters. The lowest BCUT2D eigenvalue weighted by atomic mass is 10.0. The molecule has 0 radical (unpaired) electrons. The molecule has 0 saturated carbocycles. The van der Waals surface area contributed by atoms with E-state index in [1.165, 1.54) is 6.42 Å². The molecule has 1 aliphatic rings. The van der Waals surface area contributed by atoms with Gasteiger partial charge in [-0.25, -0.2) is 0 Å². The second kappa shape index (κ2) is 9.06. The summed E-state index contributed by atoms with van der Waals surface area (Å²) in [6.45, 7) is 4.24. The largest absolute Gasteiger partial charge is 0.352 e. The van der Waals surface area contributed by atoms with Gasteiger partial charge in [-0.2, -0.15) is 0 Å². The summed E-state index contributed by atoms with van der Waals surface area (Å²) in [6.07, 6.45) is 4.29. The van der Waals surface area contributed by atoms with Crippen LogP contribution in [0.3, 0.4) is 0 Å². The number of benzene rings is 1. The molecule has 23 heavy (non-hydrogen) atoms. The Kier molecular flexibility index (Phi) is 7.09. The van der Waals surface area contributed by atoms with Crippen LogP contribution in [0.1, 0.15) is 44.6 Å². The highest BCUT2D eigenvalue weighted by atomic mass is 79.9. The minimum absolute atomic E-state index is 0.00363. The molecule has 1 atom stereocenters. The van der Waals surface area contributed by atoms with E-state index in [0.29, 0.717) is 19.4 Å². The van der Waals surface area contributed by atoms with E-state index < -0.39 is 0 Å². The summed E-state index contributed by atoms with van der Waals surface area (Å²) in [5, 5.41) is 2.93. The number of likely N-dealkylation sites (tertiary alicyclic amines) is 1. The van der Waals surface area contributed by atoms with E-state index in [1.807, 2.05) is 36.1 Å². The van der Waals surface area contributed by atoms with E-state index in [-0.39, 0.29) is 17.7 Å². The van der Waals surface area contributed by atoms with Gasteiger partial charge in [0.1, 0.15) is 0 Å². The maximum absolute atomic E-state index is 12.2. The van der Waals surface area contributed by atoms with Crippen LogP contribution in [0.5, 0.6) is 0 Å². The number of amides is 2. The number of nitrogens with zero attached hydrogens (tertiary/aromatic N) is 1. The molecule has 126 valence electrons. The SMILES string of the molecule is C[C@H](CC(=O)NCc1cccc(Br)c1)CC(=O)N1CCCCC1. The predicted molar refractivity (Wildman–Crippen MR) is 94.8 cm³/mol. The summed E-state index contributed by atoms with van der Waals surface area (Å²) in [7, 11) is 0. The van der Waals surface area contributed by atoms with Crippen molar-refractivity contribution in [3.05, 3.63) is 34.3 Å². The molecule has 1 saturated heterocycles. The van der Waals surface area contributed by atoms with Crippen molar-refractivity contribution in [1.82, 2.24) is 10.2 Å². The molecule has 0 spiro atoms. The maximum atomic E-state index is 12.2. The molecule has 1 aromatic carbocycles. The normalized spacial score (nSPS) is 16.0. The third kappa shape index (κ3) is 6.34. The van der Waals surface area contributed by atoms with Gasteiger partial charge in [-0.05, 0) is 42.9 Å². The van der Waals surface area contributed by atoms with Crippen LogP contribution in [0.15, 0.2) is 28.7 Å². The first-order valence-electron chi connectivity index (χ1n) is 8.33. The van der Waals surface area contributed by atoms with E-state index in [9.17, 15) is 9.59 Å². The molecular formula is C18H25BrN2O2. The van der Waals surface area contributed by atoms with Gasteiger partial charge in [0.15, 0.2) is 0 Å². The summed E-state index contributed by atoms with van der Waals surface area (Å²) in [6, 6.07) is 7.88. The number of nitrogens with one attached hydrogen (secondary N) is 1. The predicted octanol–water partition coefficient (Wildman–Crippen LogP) is 3.49. The zero-order valence-corrected chi connectivity index (χ0v) is 15.3. The number of hydrogen-bond donors (Lipinski definition) is 1. The zero-order chi connectivity index (χ0) is 16.7. The van der Waals surface area contributed by atoms with Crippen molar-refractivity contribution < 1.29 is 9.59 Å². The lowest BCUT2D eigenvalue weighted by Crippen LogP contribution is -2.36. The van der Waals surface area contributed by atoms with E-state index >= 15 is 0 Å². The van der Waals surface area contributed by atoms with E-state index in [0.717, 1.165) is 36.0 Å². The van der Waals surface area contributed by atoms with E-state index in [4.69, 9.17) is 0 Å². The molecule has 1 fully saturated rings. The van der Waals surface area contributed by atoms with Crippen molar-refractivity contribution in [2.45, 2.75) is 45.6 Å². The average molecular weight is 381 g/mol. The summed E-state index contributed by atoms with van der Waals surface area (Å²) in [5.41, 5.74) is 1.06. The van der Waals surface area contributed by atoms with Crippen LogP contribution in [0.25, 0.3) is 0 Å². The van der Waals surface area contributed by atoms with Gasteiger partial charge in [-0.15, -0.1) is 0 Å². The van der Waals surface area contributed by atoms with Gasteiger partial charge in [-0.3, -0.25) is 9.59 Å². The second-order valence-corrected chi connectivity index (χ2v) is 7.28. The Balaban J connectivity index is 1.70. The molecule has 1 N–H and O–H groups in total. The highest BCUT2D eigenvalue weighted by Crippen LogP contribution is 2.15. The van der Waals surface area contributed by atoms with Gasteiger partial charge < -0.3 is 10.2 Å². The van der Waals surface area contributed by atoms with Crippen LogP contribution in [0, 0.1) is 5.92 Å². The van der Waals surface area contributed by atoms with Crippen LogP contribution >= 0.6 is 15.9 Å². The Hall–Kier alpha value is -1.36. The molecule has 1 aromatic rings. The second-order valence-electron chi connectivity index (χ2n) is 6.36. The maximum Gasteiger partial charge on any atom is 0.222 e. The molecule has 2 rings (SSSR count). The highest BCUT2D eigenvalue weighted by molar-refractivity contribution is 9.10. The molecule has 0 aromatic heterocycles. The minimum atomic E-state index is 0.00363. The fourth-order valence-electron chi connectivity index (χ4n) is 2.88. The van der Waals surface area contributed by atoms with Crippen molar-refractivity contribution in [3.63, 3.8) is 0 Å². The Morgan fingerprint density at radius 1 is 1.22 bits per heavy atom. The van der Waals surface area contributed by atoms with Gasteiger partial charge >= 0.3 is 0 Å². The van der Waals surface area contributed by atoms with Crippen molar-refractivity contribution in [2.75, 3.05) is 13.1 Å². The smallest absolute Gasteiger partial charge is 0.222 e. The number of hydrogen-bond acceptors (Lipinski definition) is 2. The fraction of sp³-hybridized carbons (Fsp3) is 0.556. The molecular weight excluding hydrogens is 356 g/mol.